The van der Waals surface area contributed by atoms with Crippen molar-refractivity contribution < 1.29 is 4.92 Å². The Morgan fingerprint density at radius 1 is 1.07 bits per heavy atom. The molecule has 0 spiro atoms. The highest BCUT2D eigenvalue weighted by atomic mass is 16.6. The smallest absolute Gasteiger partial charge is 0.293 e. The number of aryl methyl sites for hydroxylation is 2. The topological polar surface area (TPSA) is 93.3 Å². The first kappa shape index (κ1) is 17.7. The standard InChI is InChI=1S/C21H18N4O3/c1-3-16-17(14-11-9-13(2)10-12-14)20-22-18(15-7-5-4-6-8-15)19(25(27)28)21(26)24(20)23-16/h4-12,23H,3H2,1-2H3. The number of aromatic nitrogens is 3. The Bertz CT molecular complexity index is 1240. The Morgan fingerprint density at radius 3 is 2.36 bits per heavy atom. The number of hydrogen-bond acceptors (Lipinski definition) is 4. The molecular formula is C21H18N4O3. The molecule has 0 amide bonds. The van der Waals surface area contributed by atoms with Gasteiger partial charge in [0.05, 0.1) is 4.92 Å². The van der Waals surface area contributed by atoms with Crippen LogP contribution in [0.5, 0.6) is 0 Å². The highest BCUT2D eigenvalue weighted by molar-refractivity contribution is 5.83. The van der Waals surface area contributed by atoms with Crippen LogP contribution in [0.2, 0.25) is 0 Å². The normalized spacial score (nSPS) is 11.1. The highest BCUT2D eigenvalue weighted by Gasteiger charge is 2.27. The Labute approximate surface area is 160 Å². The summed E-state index contributed by atoms with van der Waals surface area (Å²) in [5, 5.41) is 14.7. The van der Waals surface area contributed by atoms with E-state index in [1.807, 2.05) is 44.2 Å². The van der Waals surface area contributed by atoms with Gasteiger partial charge in [0.1, 0.15) is 0 Å². The number of H-pyrrole nitrogens is 1. The maximum Gasteiger partial charge on any atom is 0.361 e. The minimum Gasteiger partial charge on any atom is -0.293 e. The average Bonchev–Trinajstić information content (AvgIpc) is 3.08. The van der Waals surface area contributed by atoms with E-state index in [9.17, 15) is 14.9 Å². The van der Waals surface area contributed by atoms with Crippen molar-refractivity contribution in [3.8, 4) is 22.4 Å². The molecule has 0 bridgehead atoms. The predicted octanol–water partition coefficient (Wildman–Crippen LogP) is 4.14. The van der Waals surface area contributed by atoms with E-state index in [1.54, 1.807) is 24.3 Å². The van der Waals surface area contributed by atoms with E-state index in [4.69, 9.17) is 0 Å². The zero-order chi connectivity index (χ0) is 19.8. The second-order valence-corrected chi connectivity index (χ2v) is 6.58. The van der Waals surface area contributed by atoms with Gasteiger partial charge in [0.15, 0.2) is 11.3 Å². The van der Waals surface area contributed by atoms with Gasteiger partial charge in [-0.1, -0.05) is 67.1 Å². The fraction of sp³-hybridized carbons (Fsp3) is 0.143. The minimum atomic E-state index is -0.720. The van der Waals surface area contributed by atoms with Crippen LogP contribution in [0.15, 0.2) is 59.4 Å². The van der Waals surface area contributed by atoms with Crippen molar-refractivity contribution in [1.82, 2.24) is 14.6 Å². The van der Waals surface area contributed by atoms with E-state index < -0.39 is 16.2 Å². The second-order valence-electron chi connectivity index (χ2n) is 6.58. The van der Waals surface area contributed by atoms with Crippen LogP contribution >= 0.6 is 0 Å². The number of nitrogens with one attached hydrogen (secondary N) is 1. The van der Waals surface area contributed by atoms with Gasteiger partial charge >= 0.3 is 11.2 Å². The molecule has 0 aliphatic carbocycles. The van der Waals surface area contributed by atoms with Crippen molar-refractivity contribution in [3.63, 3.8) is 0 Å². The quantitative estimate of drug-likeness (QED) is 0.429. The number of rotatable bonds is 4. The van der Waals surface area contributed by atoms with Crippen molar-refractivity contribution in [2.45, 2.75) is 20.3 Å². The van der Waals surface area contributed by atoms with Crippen LogP contribution in [0.1, 0.15) is 18.2 Å². The fourth-order valence-corrected chi connectivity index (χ4v) is 3.35. The molecule has 2 heterocycles. The second kappa shape index (κ2) is 6.77. The number of hydrogen-bond donors (Lipinski definition) is 1. The molecule has 2 aromatic heterocycles. The van der Waals surface area contributed by atoms with E-state index in [1.165, 1.54) is 4.52 Å². The Kier molecular flexibility index (Phi) is 4.27. The third-order valence-electron chi connectivity index (χ3n) is 4.76. The van der Waals surface area contributed by atoms with Gasteiger partial charge in [-0.3, -0.25) is 20.0 Å². The summed E-state index contributed by atoms with van der Waals surface area (Å²) in [4.78, 5) is 28.6. The summed E-state index contributed by atoms with van der Waals surface area (Å²) in [5.74, 6) is 0. The molecule has 0 unspecified atom stereocenters. The van der Waals surface area contributed by atoms with Gasteiger partial charge in [-0.05, 0) is 18.9 Å². The largest absolute Gasteiger partial charge is 0.361 e. The summed E-state index contributed by atoms with van der Waals surface area (Å²) in [7, 11) is 0. The zero-order valence-electron chi connectivity index (χ0n) is 15.5. The molecule has 7 heteroatoms. The van der Waals surface area contributed by atoms with Gasteiger partial charge in [-0.15, -0.1) is 0 Å². The maximum atomic E-state index is 13.0. The van der Waals surface area contributed by atoms with Crippen molar-refractivity contribution in [2.24, 2.45) is 0 Å². The van der Waals surface area contributed by atoms with Gasteiger partial charge in [0, 0.05) is 16.8 Å². The lowest BCUT2D eigenvalue weighted by molar-refractivity contribution is -0.385. The molecule has 0 saturated carbocycles. The summed E-state index contributed by atoms with van der Waals surface area (Å²) >= 11 is 0. The molecule has 0 aliphatic heterocycles. The first-order chi connectivity index (χ1) is 13.5. The third kappa shape index (κ3) is 2.77. The van der Waals surface area contributed by atoms with Crippen molar-refractivity contribution >= 4 is 11.3 Å². The van der Waals surface area contributed by atoms with Gasteiger partial charge < -0.3 is 0 Å². The molecule has 4 rings (SSSR count). The fourth-order valence-electron chi connectivity index (χ4n) is 3.35. The van der Waals surface area contributed by atoms with E-state index >= 15 is 0 Å². The van der Waals surface area contributed by atoms with Crippen LogP contribution in [-0.4, -0.2) is 19.5 Å². The van der Waals surface area contributed by atoms with Crippen molar-refractivity contribution in [3.05, 3.63) is 86.3 Å². The van der Waals surface area contributed by atoms with E-state index in [-0.39, 0.29) is 5.69 Å². The number of nitrogens with zero attached hydrogens (tertiary/aromatic N) is 3. The number of nitro groups is 1. The number of aromatic amines is 1. The molecule has 1 N–H and O–H groups in total. The molecule has 140 valence electrons. The average molecular weight is 374 g/mol. The lowest BCUT2D eigenvalue weighted by Gasteiger charge is -2.05. The molecule has 4 aromatic rings. The summed E-state index contributed by atoms with van der Waals surface area (Å²) in [6, 6.07) is 16.7. The van der Waals surface area contributed by atoms with Gasteiger partial charge in [-0.25, -0.2) is 4.98 Å². The molecule has 0 aliphatic rings. The zero-order valence-corrected chi connectivity index (χ0v) is 15.5. The molecule has 0 radical (unpaired) electrons. The van der Waals surface area contributed by atoms with Crippen LogP contribution in [0.4, 0.5) is 5.69 Å². The minimum absolute atomic E-state index is 0.0746. The van der Waals surface area contributed by atoms with Gasteiger partial charge in [-0.2, -0.15) is 4.52 Å². The molecular weight excluding hydrogens is 356 g/mol. The SMILES string of the molecule is CCc1[nH]n2c(=O)c([N+](=O)[O-])c(-c3ccccc3)nc2c1-c1ccc(C)cc1. The number of benzene rings is 2. The first-order valence-electron chi connectivity index (χ1n) is 8.95. The van der Waals surface area contributed by atoms with Crippen LogP contribution in [0, 0.1) is 17.0 Å². The molecule has 28 heavy (non-hydrogen) atoms. The molecule has 0 saturated heterocycles. The molecule has 7 nitrogen and oxygen atoms in total. The van der Waals surface area contributed by atoms with E-state index in [0.29, 0.717) is 17.6 Å². The highest BCUT2D eigenvalue weighted by Crippen LogP contribution is 2.31. The van der Waals surface area contributed by atoms with E-state index in [0.717, 1.165) is 22.4 Å². The molecule has 0 fully saturated rings. The first-order valence-corrected chi connectivity index (χ1v) is 8.95. The van der Waals surface area contributed by atoms with Gasteiger partial charge in [0.25, 0.3) is 0 Å². The Morgan fingerprint density at radius 2 is 1.75 bits per heavy atom. The summed E-state index contributed by atoms with van der Waals surface area (Å²) < 4.78 is 1.18. The van der Waals surface area contributed by atoms with Gasteiger partial charge in [0.2, 0.25) is 0 Å². The van der Waals surface area contributed by atoms with Crippen molar-refractivity contribution in [2.75, 3.05) is 0 Å². The molecule has 2 aromatic carbocycles. The monoisotopic (exact) mass is 374 g/mol. The third-order valence-corrected chi connectivity index (χ3v) is 4.76. The maximum absolute atomic E-state index is 13.0. The van der Waals surface area contributed by atoms with Crippen LogP contribution in [0.25, 0.3) is 28.0 Å². The molecule has 0 atom stereocenters. The van der Waals surface area contributed by atoms with E-state index in [2.05, 4.69) is 10.1 Å². The van der Waals surface area contributed by atoms with Crippen LogP contribution in [-0.2, 0) is 6.42 Å². The Balaban J connectivity index is 2.12. The summed E-state index contributed by atoms with van der Waals surface area (Å²) in [6.07, 6.45) is 0.625. The van der Waals surface area contributed by atoms with Crippen LogP contribution in [0.3, 0.4) is 0 Å². The summed E-state index contributed by atoms with van der Waals surface area (Å²) in [5.41, 5.74) is 3.33. The lowest BCUT2D eigenvalue weighted by atomic mass is 10.0. The van der Waals surface area contributed by atoms with Crippen LogP contribution < -0.4 is 5.56 Å². The lowest BCUT2D eigenvalue weighted by Crippen LogP contribution is -2.20. The Hall–Kier alpha value is -3.74. The van der Waals surface area contributed by atoms with Crippen molar-refractivity contribution in [1.29, 1.82) is 0 Å². The summed E-state index contributed by atoms with van der Waals surface area (Å²) in [6.45, 7) is 3.96. The predicted molar refractivity (Wildman–Crippen MR) is 107 cm³/mol. The number of fused-ring (bicyclic) bond motifs is 1.